The van der Waals surface area contributed by atoms with Crippen molar-refractivity contribution < 1.29 is 19.4 Å². The highest BCUT2D eigenvalue weighted by Gasteiger charge is 2.64. The van der Waals surface area contributed by atoms with E-state index in [-0.39, 0.29) is 29.3 Å². The Bertz CT molecular complexity index is 342. The van der Waals surface area contributed by atoms with Gasteiger partial charge >= 0.3 is 11.9 Å². The molecule has 1 N–H and O–H groups in total. The Labute approximate surface area is 91.5 Å². The van der Waals surface area contributed by atoms with Gasteiger partial charge in [0.25, 0.3) is 0 Å². The summed E-state index contributed by atoms with van der Waals surface area (Å²) >= 11 is 6.17. The minimum atomic E-state index is -0.905. The zero-order valence-electron chi connectivity index (χ0n) is 7.93. The van der Waals surface area contributed by atoms with Crippen molar-refractivity contribution in [1.82, 2.24) is 0 Å². The van der Waals surface area contributed by atoms with Crippen molar-refractivity contribution in [2.75, 3.05) is 0 Å². The molecule has 4 fully saturated rings. The van der Waals surface area contributed by atoms with E-state index in [1.165, 1.54) is 0 Å². The zero-order valence-corrected chi connectivity index (χ0v) is 8.68. The summed E-state index contributed by atoms with van der Waals surface area (Å²) in [6, 6.07) is 0. The van der Waals surface area contributed by atoms with E-state index in [9.17, 15) is 9.59 Å². The fourth-order valence-corrected chi connectivity index (χ4v) is 4.03. The van der Waals surface area contributed by atoms with Gasteiger partial charge in [0.15, 0.2) is 0 Å². The van der Waals surface area contributed by atoms with Crippen LogP contribution in [0.2, 0.25) is 0 Å². The summed E-state index contributed by atoms with van der Waals surface area (Å²) < 4.78 is 5.18. The summed E-state index contributed by atoms with van der Waals surface area (Å²) in [6.07, 6.45) is 1.44. The monoisotopic (exact) mass is 230 g/mol. The van der Waals surface area contributed by atoms with Crippen molar-refractivity contribution >= 4 is 23.5 Å². The standard InChI is InChI=1S/C10H11ClO4/c11-7-3-1-2-4-6(5(3)9(12)13)10(14)15-8(4)7/h3-8H,1-2H2,(H,12,13)/t3-,4-,5+,6-,7+,8-/m1/s1. The lowest BCUT2D eigenvalue weighted by Gasteiger charge is -2.45. The topological polar surface area (TPSA) is 63.6 Å². The number of alkyl halides is 1. The molecule has 15 heavy (non-hydrogen) atoms. The number of halogens is 1. The smallest absolute Gasteiger partial charge is 0.310 e. The lowest BCUT2D eigenvalue weighted by atomic mass is 9.58. The SMILES string of the molecule is O=C1O[C@H]2[C@@H](Cl)[C@@H]3CC[C@@H]2[C@@H]1[C@H]3C(=O)O. The number of carboxylic acid groups (broad SMARTS) is 1. The highest BCUT2D eigenvalue weighted by atomic mass is 35.5. The molecular weight excluding hydrogens is 220 g/mol. The molecule has 4 bridgehead atoms. The minimum absolute atomic E-state index is 0.0334. The van der Waals surface area contributed by atoms with Crippen LogP contribution >= 0.6 is 11.6 Å². The summed E-state index contributed by atoms with van der Waals surface area (Å²) in [4.78, 5) is 22.7. The number of rotatable bonds is 1. The Hall–Kier alpha value is -0.770. The highest BCUT2D eigenvalue weighted by molar-refractivity contribution is 6.22. The molecule has 4 aliphatic rings. The third-order valence-electron chi connectivity index (χ3n) is 4.10. The highest BCUT2D eigenvalue weighted by Crippen LogP contribution is 2.55. The van der Waals surface area contributed by atoms with Crippen LogP contribution < -0.4 is 0 Å². The first-order chi connectivity index (χ1) is 7.11. The Kier molecular flexibility index (Phi) is 1.81. The molecule has 4 nitrogen and oxygen atoms in total. The Morgan fingerprint density at radius 3 is 2.73 bits per heavy atom. The molecule has 82 valence electrons. The molecule has 6 atom stereocenters. The maximum Gasteiger partial charge on any atom is 0.310 e. The van der Waals surface area contributed by atoms with Crippen LogP contribution in [0.5, 0.6) is 0 Å². The molecule has 0 aromatic heterocycles. The van der Waals surface area contributed by atoms with Crippen LogP contribution in [0.25, 0.3) is 0 Å². The van der Waals surface area contributed by atoms with E-state index in [1.807, 2.05) is 0 Å². The maximum atomic E-state index is 11.6. The number of aliphatic carboxylic acids is 1. The quantitative estimate of drug-likeness (QED) is 0.537. The average Bonchev–Trinajstić information content (AvgIpc) is 2.49. The third-order valence-corrected chi connectivity index (χ3v) is 4.67. The van der Waals surface area contributed by atoms with Crippen LogP contribution in [-0.4, -0.2) is 28.5 Å². The van der Waals surface area contributed by atoms with Crippen molar-refractivity contribution in [2.45, 2.75) is 24.3 Å². The molecule has 0 aromatic rings. The van der Waals surface area contributed by atoms with Crippen molar-refractivity contribution in [3.8, 4) is 0 Å². The molecule has 0 spiro atoms. The van der Waals surface area contributed by atoms with E-state index in [0.29, 0.717) is 0 Å². The molecule has 1 heterocycles. The molecule has 1 aliphatic heterocycles. The molecule has 0 radical (unpaired) electrons. The number of fused-ring (bicyclic) bond motifs is 1. The largest absolute Gasteiger partial charge is 0.481 e. The van der Waals surface area contributed by atoms with Gasteiger partial charge in [0.2, 0.25) is 0 Å². The van der Waals surface area contributed by atoms with Crippen LogP contribution in [-0.2, 0) is 14.3 Å². The fraction of sp³-hybridized carbons (Fsp3) is 0.800. The van der Waals surface area contributed by atoms with E-state index < -0.39 is 17.8 Å². The maximum absolute atomic E-state index is 11.6. The van der Waals surface area contributed by atoms with Gasteiger partial charge in [-0.2, -0.15) is 0 Å². The van der Waals surface area contributed by atoms with Crippen LogP contribution in [0.1, 0.15) is 12.8 Å². The molecule has 4 rings (SSSR count). The second-order valence-corrected chi connectivity index (χ2v) is 5.14. The van der Waals surface area contributed by atoms with Gasteiger partial charge in [-0.3, -0.25) is 9.59 Å². The van der Waals surface area contributed by atoms with Crippen molar-refractivity contribution in [2.24, 2.45) is 23.7 Å². The molecule has 3 aliphatic carbocycles. The predicted molar refractivity (Wildman–Crippen MR) is 50.4 cm³/mol. The van der Waals surface area contributed by atoms with E-state index in [1.54, 1.807) is 0 Å². The van der Waals surface area contributed by atoms with E-state index >= 15 is 0 Å². The van der Waals surface area contributed by atoms with Crippen LogP contribution in [0.4, 0.5) is 0 Å². The Morgan fingerprint density at radius 1 is 1.40 bits per heavy atom. The fourth-order valence-electron chi connectivity index (χ4n) is 3.51. The molecule has 0 unspecified atom stereocenters. The van der Waals surface area contributed by atoms with E-state index in [0.717, 1.165) is 12.8 Å². The molecular formula is C10H11ClO4. The zero-order chi connectivity index (χ0) is 10.7. The van der Waals surface area contributed by atoms with Gasteiger partial charge in [-0.1, -0.05) is 0 Å². The van der Waals surface area contributed by atoms with Crippen LogP contribution in [0.3, 0.4) is 0 Å². The van der Waals surface area contributed by atoms with Crippen LogP contribution in [0, 0.1) is 23.7 Å². The first-order valence-electron chi connectivity index (χ1n) is 5.18. The lowest BCUT2D eigenvalue weighted by Crippen LogP contribution is -2.53. The van der Waals surface area contributed by atoms with Gasteiger partial charge in [0.1, 0.15) is 6.10 Å². The summed E-state index contributed by atoms with van der Waals surface area (Å²) in [7, 11) is 0. The predicted octanol–water partition coefficient (Wildman–Crippen LogP) is 0.876. The van der Waals surface area contributed by atoms with Gasteiger partial charge < -0.3 is 9.84 Å². The first-order valence-corrected chi connectivity index (χ1v) is 5.62. The molecule has 3 saturated carbocycles. The molecule has 5 heteroatoms. The van der Waals surface area contributed by atoms with E-state index in [4.69, 9.17) is 21.4 Å². The number of hydrogen-bond donors (Lipinski definition) is 1. The van der Waals surface area contributed by atoms with Crippen molar-refractivity contribution in [1.29, 1.82) is 0 Å². The number of esters is 1. The third kappa shape index (κ3) is 1.03. The number of ether oxygens (including phenoxy) is 1. The van der Waals surface area contributed by atoms with Crippen molar-refractivity contribution in [3.63, 3.8) is 0 Å². The molecule has 0 amide bonds. The number of carbonyl (C=O) groups excluding carboxylic acids is 1. The Morgan fingerprint density at radius 2 is 2.07 bits per heavy atom. The van der Waals surface area contributed by atoms with Gasteiger partial charge in [-0.15, -0.1) is 11.6 Å². The second kappa shape index (κ2) is 2.88. The summed E-state index contributed by atoms with van der Waals surface area (Å²) in [5, 5.41) is 8.84. The number of carbonyl (C=O) groups is 2. The molecule has 1 saturated heterocycles. The summed E-state index contributed by atoms with van der Waals surface area (Å²) in [5.74, 6) is -2.40. The van der Waals surface area contributed by atoms with Gasteiger partial charge in [-0.25, -0.2) is 0 Å². The van der Waals surface area contributed by atoms with Gasteiger partial charge in [-0.05, 0) is 18.8 Å². The lowest BCUT2D eigenvalue weighted by molar-refractivity contribution is -0.154. The normalized spacial score (nSPS) is 51.7. The second-order valence-electron chi connectivity index (χ2n) is 4.64. The van der Waals surface area contributed by atoms with Gasteiger partial charge in [0, 0.05) is 5.92 Å². The molecule has 0 aromatic carbocycles. The minimum Gasteiger partial charge on any atom is -0.481 e. The first kappa shape index (κ1) is 9.46. The summed E-state index contributed by atoms with van der Waals surface area (Å²) in [6.45, 7) is 0. The Balaban J connectivity index is 2.05. The van der Waals surface area contributed by atoms with Crippen molar-refractivity contribution in [3.05, 3.63) is 0 Å². The average molecular weight is 231 g/mol. The number of hydrogen-bond acceptors (Lipinski definition) is 3. The van der Waals surface area contributed by atoms with E-state index in [2.05, 4.69) is 0 Å². The number of carboxylic acids is 1. The summed E-state index contributed by atoms with van der Waals surface area (Å²) in [5.41, 5.74) is 0. The van der Waals surface area contributed by atoms with Crippen LogP contribution in [0.15, 0.2) is 0 Å². The van der Waals surface area contributed by atoms with Gasteiger partial charge in [0.05, 0.1) is 17.2 Å².